The van der Waals surface area contributed by atoms with Crippen molar-refractivity contribution in [1.82, 2.24) is 20.4 Å². The third-order valence-electron chi connectivity index (χ3n) is 3.72. The molecule has 0 saturated carbocycles. The molecule has 2 fully saturated rings. The molecule has 6 nitrogen and oxygen atoms in total. The Morgan fingerprint density at radius 3 is 2.56 bits per heavy atom. The maximum atomic E-state index is 12.3. The Labute approximate surface area is 108 Å². The summed E-state index contributed by atoms with van der Waals surface area (Å²) in [5.74, 6) is -0.0147. The second kappa shape index (κ2) is 5.24. The van der Waals surface area contributed by atoms with Crippen LogP contribution in [0.1, 0.15) is 13.8 Å². The predicted molar refractivity (Wildman–Crippen MR) is 68.1 cm³/mol. The fraction of sp³-hybridized carbons (Fsp3) is 0.833. The van der Waals surface area contributed by atoms with Crippen LogP contribution in [-0.2, 0) is 9.59 Å². The van der Waals surface area contributed by atoms with Gasteiger partial charge in [0.05, 0.1) is 6.54 Å². The molecule has 0 spiro atoms. The third kappa shape index (κ3) is 2.64. The van der Waals surface area contributed by atoms with Crippen LogP contribution in [0.15, 0.2) is 0 Å². The molecule has 0 unspecified atom stereocenters. The average Bonchev–Trinajstić information content (AvgIpc) is 2.33. The van der Waals surface area contributed by atoms with Gasteiger partial charge in [-0.15, -0.1) is 0 Å². The van der Waals surface area contributed by atoms with Gasteiger partial charge in [0.1, 0.15) is 5.54 Å². The molecule has 0 aromatic carbocycles. The molecule has 0 aliphatic carbocycles. The smallest absolute Gasteiger partial charge is 0.245 e. The highest BCUT2D eigenvalue weighted by molar-refractivity contribution is 5.92. The van der Waals surface area contributed by atoms with Crippen LogP contribution in [-0.4, -0.2) is 73.0 Å². The van der Waals surface area contributed by atoms with Crippen molar-refractivity contribution in [3.8, 4) is 0 Å². The molecule has 0 bridgehead atoms. The summed E-state index contributed by atoms with van der Waals surface area (Å²) in [4.78, 5) is 27.9. The Morgan fingerprint density at radius 2 is 1.89 bits per heavy atom. The van der Waals surface area contributed by atoms with Crippen molar-refractivity contribution in [2.45, 2.75) is 19.4 Å². The molecule has 2 amide bonds. The second-order valence-corrected chi connectivity index (χ2v) is 5.39. The van der Waals surface area contributed by atoms with E-state index in [0.29, 0.717) is 19.6 Å². The molecule has 102 valence electrons. The van der Waals surface area contributed by atoms with Gasteiger partial charge in [0.2, 0.25) is 11.8 Å². The van der Waals surface area contributed by atoms with Crippen molar-refractivity contribution in [3.05, 3.63) is 0 Å². The summed E-state index contributed by atoms with van der Waals surface area (Å²) in [6, 6.07) is 0. The van der Waals surface area contributed by atoms with Crippen molar-refractivity contribution >= 4 is 11.8 Å². The molecule has 2 aliphatic heterocycles. The van der Waals surface area contributed by atoms with Crippen molar-refractivity contribution in [3.63, 3.8) is 0 Å². The largest absolute Gasteiger partial charge is 0.352 e. The number of nitrogens with zero attached hydrogens (tertiary/aromatic N) is 2. The normalized spacial score (nSPS) is 24.8. The van der Waals surface area contributed by atoms with E-state index in [-0.39, 0.29) is 11.8 Å². The summed E-state index contributed by atoms with van der Waals surface area (Å²) in [6.45, 7) is 8.82. The van der Waals surface area contributed by atoms with Crippen LogP contribution in [0.25, 0.3) is 0 Å². The van der Waals surface area contributed by atoms with Gasteiger partial charge in [0.25, 0.3) is 0 Å². The Balaban J connectivity index is 1.96. The molecule has 2 aliphatic rings. The van der Waals surface area contributed by atoms with Crippen molar-refractivity contribution < 1.29 is 9.59 Å². The summed E-state index contributed by atoms with van der Waals surface area (Å²) in [6.07, 6.45) is 0. The monoisotopic (exact) mass is 254 g/mol. The molecule has 0 aromatic heterocycles. The summed E-state index contributed by atoms with van der Waals surface area (Å²) < 4.78 is 0. The van der Waals surface area contributed by atoms with Gasteiger partial charge in [-0.05, 0) is 13.8 Å². The summed E-state index contributed by atoms with van der Waals surface area (Å²) in [5, 5.41) is 6.06. The van der Waals surface area contributed by atoms with Gasteiger partial charge in [-0.2, -0.15) is 0 Å². The molecule has 2 heterocycles. The zero-order valence-corrected chi connectivity index (χ0v) is 11.2. The number of hydrogen-bond donors (Lipinski definition) is 2. The molecule has 0 aromatic rings. The van der Waals surface area contributed by atoms with Crippen LogP contribution < -0.4 is 10.6 Å². The highest BCUT2D eigenvalue weighted by Crippen LogP contribution is 2.18. The van der Waals surface area contributed by atoms with Crippen LogP contribution in [0.3, 0.4) is 0 Å². The molecule has 2 N–H and O–H groups in total. The third-order valence-corrected chi connectivity index (χ3v) is 3.72. The van der Waals surface area contributed by atoms with E-state index in [1.54, 1.807) is 18.7 Å². The van der Waals surface area contributed by atoms with Gasteiger partial charge in [0.15, 0.2) is 0 Å². The van der Waals surface area contributed by atoms with Crippen LogP contribution in [0, 0.1) is 0 Å². The number of amides is 2. The van der Waals surface area contributed by atoms with Gasteiger partial charge in [-0.1, -0.05) is 0 Å². The van der Waals surface area contributed by atoms with E-state index in [9.17, 15) is 9.59 Å². The number of rotatable bonds is 2. The SMILES string of the molecule is CC1(C)C(=O)NCCN1C(=O)CN1CCNCC1. The molecule has 2 rings (SSSR count). The van der Waals surface area contributed by atoms with Gasteiger partial charge < -0.3 is 15.5 Å². The van der Waals surface area contributed by atoms with E-state index in [1.165, 1.54) is 0 Å². The number of piperazine rings is 2. The number of nitrogens with one attached hydrogen (secondary N) is 2. The van der Waals surface area contributed by atoms with Crippen LogP contribution >= 0.6 is 0 Å². The maximum Gasteiger partial charge on any atom is 0.245 e. The fourth-order valence-electron chi connectivity index (χ4n) is 2.48. The zero-order valence-electron chi connectivity index (χ0n) is 11.2. The van der Waals surface area contributed by atoms with E-state index < -0.39 is 5.54 Å². The summed E-state index contributed by atoms with van der Waals surface area (Å²) in [7, 11) is 0. The molecular weight excluding hydrogens is 232 g/mol. The zero-order chi connectivity index (χ0) is 13.2. The Bertz CT molecular complexity index is 337. The lowest BCUT2D eigenvalue weighted by Gasteiger charge is -2.42. The molecule has 2 saturated heterocycles. The van der Waals surface area contributed by atoms with E-state index >= 15 is 0 Å². The maximum absolute atomic E-state index is 12.3. The second-order valence-electron chi connectivity index (χ2n) is 5.39. The van der Waals surface area contributed by atoms with Crippen LogP contribution in [0.5, 0.6) is 0 Å². The minimum Gasteiger partial charge on any atom is -0.352 e. The Morgan fingerprint density at radius 1 is 1.22 bits per heavy atom. The van der Waals surface area contributed by atoms with Crippen LogP contribution in [0.2, 0.25) is 0 Å². The molecule has 18 heavy (non-hydrogen) atoms. The minimum absolute atomic E-state index is 0.0525. The first kappa shape index (κ1) is 13.3. The Kier molecular flexibility index (Phi) is 3.87. The molecule has 0 radical (unpaired) electrons. The van der Waals surface area contributed by atoms with Gasteiger partial charge in [-0.3, -0.25) is 14.5 Å². The first-order valence-electron chi connectivity index (χ1n) is 6.53. The predicted octanol–water partition coefficient (Wildman–Crippen LogP) is -1.37. The number of carbonyl (C=O) groups is 2. The van der Waals surface area contributed by atoms with E-state index in [0.717, 1.165) is 26.2 Å². The highest BCUT2D eigenvalue weighted by atomic mass is 16.2. The first-order chi connectivity index (χ1) is 8.51. The highest BCUT2D eigenvalue weighted by Gasteiger charge is 2.40. The molecular formula is C12H22N4O2. The lowest BCUT2D eigenvalue weighted by molar-refractivity contribution is -0.150. The van der Waals surface area contributed by atoms with E-state index in [1.807, 2.05) is 0 Å². The standard InChI is InChI=1S/C12H22N4O2/c1-12(2)11(18)14-5-8-16(12)10(17)9-15-6-3-13-4-7-15/h13H,3-9H2,1-2H3,(H,14,18). The van der Waals surface area contributed by atoms with Crippen LogP contribution in [0.4, 0.5) is 0 Å². The lowest BCUT2D eigenvalue weighted by Crippen LogP contribution is -2.64. The van der Waals surface area contributed by atoms with Crippen molar-refractivity contribution in [2.75, 3.05) is 45.8 Å². The van der Waals surface area contributed by atoms with E-state index in [2.05, 4.69) is 15.5 Å². The lowest BCUT2D eigenvalue weighted by atomic mass is 9.99. The number of carbonyl (C=O) groups excluding carboxylic acids is 2. The van der Waals surface area contributed by atoms with Crippen molar-refractivity contribution in [1.29, 1.82) is 0 Å². The molecule has 0 atom stereocenters. The Hall–Kier alpha value is -1.14. The number of hydrogen-bond acceptors (Lipinski definition) is 4. The fourth-order valence-corrected chi connectivity index (χ4v) is 2.48. The van der Waals surface area contributed by atoms with E-state index in [4.69, 9.17) is 0 Å². The summed E-state index contributed by atoms with van der Waals surface area (Å²) in [5.41, 5.74) is -0.733. The summed E-state index contributed by atoms with van der Waals surface area (Å²) >= 11 is 0. The van der Waals surface area contributed by atoms with Gasteiger partial charge in [0, 0.05) is 39.3 Å². The molecule has 6 heteroatoms. The topological polar surface area (TPSA) is 64.7 Å². The van der Waals surface area contributed by atoms with Crippen molar-refractivity contribution in [2.24, 2.45) is 0 Å². The average molecular weight is 254 g/mol. The van der Waals surface area contributed by atoms with Gasteiger partial charge >= 0.3 is 0 Å². The first-order valence-corrected chi connectivity index (χ1v) is 6.53. The van der Waals surface area contributed by atoms with Gasteiger partial charge in [-0.25, -0.2) is 0 Å². The minimum atomic E-state index is -0.733. The quantitative estimate of drug-likeness (QED) is 0.638.